The summed E-state index contributed by atoms with van der Waals surface area (Å²) in [5, 5.41) is 12.5. The van der Waals surface area contributed by atoms with Crippen molar-refractivity contribution in [3.05, 3.63) is 40.4 Å². The number of imide groups is 1. The lowest BCUT2D eigenvalue weighted by Crippen LogP contribution is -2.35. The van der Waals surface area contributed by atoms with Gasteiger partial charge in [-0.3, -0.25) is 15.0 Å². The summed E-state index contributed by atoms with van der Waals surface area (Å²) in [5.41, 5.74) is 0.301. The van der Waals surface area contributed by atoms with Crippen molar-refractivity contribution in [1.29, 1.82) is 0 Å². The second-order valence-corrected chi connectivity index (χ2v) is 10.1. The number of phenolic OH excluding ortho intramolecular Hbond substituents is 1. The molecular formula is C20H19Cl2N3O6S. The van der Waals surface area contributed by atoms with E-state index in [2.05, 4.69) is 5.32 Å². The lowest BCUT2D eigenvalue weighted by atomic mass is 10.2. The fourth-order valence-corrected chi connectivity index (χ4v) is 5.74. The number of carbonyl (C=O) groups excluding carboxylic acids is 2. The number of nitrogens with one attached hydrogen (secondary N) is 1. The third-order valence-corrected chi connectivity index (χ3v) is 7.66. The van der Waals surface area contributed by atoms with Crippen molar-refractivity contribution in [2.75, 3.05) is 24.5 Å². The number of rotatable bonds is 5. The van der Waals surface area contributed by atoms with E-state index >= 15 is 0 Å². The Balaban J connectivity index is 1.63. The number of halogens is 2. The molecule has 9 nitrogen and oxygen atoms in total. The number of hydrogen-bond donors (Lipinski definition) is 2. The molecule has 0 unspecified atom stereocenters. The molecular weight excluding hydrogens is 481 g/mol. The molecule has 2 fully saturated rings. The van der Waals surface area contributed by atoms with E-state index in [0.717, 1.165) is 19.3 Å². The van der Waals surface area contributed by atoms with Crippen molar-refractivity contribution >= 4 is 50.9 Å². The van der Waals surface area contributed by atoms with Crippen LogP contribution in [0.3, 0.4) is 0 Å². The van der Waals surface area contributed by atoms with Crippen LogP contribution in [-0.2, 0) is 14.8 Å². The first-order valence-corrected chi connectivity index (χ1v) is 12.0. The van der Waals surface area contributed by atoms with E-state index in [1.165, 1.54) is 39.5 Å². The summed E-state index contributed by atoms with van der Waals surface area (Å²) in [6, 6.07) is 6.05. The molecule has 0 bridgehead atoms. The number of hydrogen-bond acceptors (Lipinski definition) is 6. The molecule has 3 amide bonds. The standard InChI is InChI=1S/C20H19Cl2N3O6S/c21-14-8-12(25-11-18(27)23-20(25)28)9-15(22)19(14)31-13-4-5-16(26)17(10-13)32(29,30)24-6-2-1-3-7-24/h4-5,8-10,26H,1-3,6-7,11H2,(H,23,27,28). The number of urea groups is 1. The minimum absolute atomic E-state index is 0.0371. The Morgan fingerprint density at radius 1 is 1.00 bits per heavy atom. The molecule has 2 saturated heterocycles. The van der Waals surface area contributed by atoms with Gasteiger partial charge in [-0.15, -0.1) is 0 Å². The van der Waals surface area contributed by atoms with Crippen LogP contribution in [0.1, 0.15) is 19.3 Å². The number of benzene rings is 2. The average Bonchev–Trinajstić information content (AvgIpc) is 3.10. The van der Waals surface area contributed by atoms with Crippen molar-refractivity contribution in [1.82, 2.24) is 9.62 Å². The summed E-state index contributed by atoms with van der Waals surface area (Å²) in [6.07, 6.45) is 2.48. The summed E-state index contributed by atoms with van der Waals surface area (Å²) in [5.74, 6) is -0.701. The Hall–Kier alpha value is -2.53. The second kappa shape index (κ2) is 8.78. The number of sulfonamides is 1. The highest BCUT2D eigenvalue weighted by Gasteiger charge is 2.30. The van der Waals surface area contributed by atoms with Crippen molar-refractivity contribution < 1.29 is 27.9 Å². The van der Waals surface area contributed by atoms with Gasteiger partial charge in [-0.25, -0.2) is 13.2 Å². The summed E-state index contributed by atoms with van der Waals surface area (Å²) >= 11 is 12.6. The maximum atomic E-state index is 13.0. The van der Waals surface area contributed by atoms with Gasteiger partial charge in [0.05, 0.1) is 10.0 Å². The third-order valence-electron chi connectivity index (χ3n) is 5.17. The Morgan fingerprint density at radius 3 is 2.25 bits per heavy atom. The Kier molecular flexibility index (Phi) is 6.22. The van der Waals surface area contributed by atoms with Crippen molar-refractivity contribution in [3.8, 4) is 17.2 Å². The predicted octanol–water partition coefficient (Wildman–Crippen LogP) is 3.72. The van der Waals surface area contributed by atoms with Gasteiger partial charge in [0, 0.05) is 24.8 Å². The van der Waals surface area contributed by atoms with Crippen LogP contribution in [0.25, 0.3) is 0 Å². The van der Waals surface area contributed by atoms with Gasteiger partial charge in [0.2, 0.25) is 15.9 Å². The van der Waals surface area contributed by atoms with Gasteiger partial charge in [-0.05, 0) is 37.1 Å². The van der Waals surface area contributed by atoms with E-state index in [4.69, 9.17) is 27.9 Å². The van der Waals surface area contributed by atoms with Crippen LogP contribution >= 0.6 is 23.2 Å². The number of carbonyl (C=O) groups is 2. The van der Waals surface area contributed by atoms with Gasteiger partial charge in [0.15, 0.2) is 5.75 Å². The maximum absolute atomic E-state index is 13.0. The van der Waals surface area contributed by atoms with Gasteiger partial charge in [0.25, 0.3) is 0 Å². The Bertz CT molecular complexity index is 1170. The zero-order valence-electron chi connectivity index (χ0n) is 16.7. The minimum Gasteiger partial charge on any atom is -0.507 e. The Labute approximate surface area is 194 Å². The molecule has 0 aliphatic carbocycles. The average molecular weight is 500 g/mol. The van der Waals surface area contributed by atoms with Crippen LogP contribution in [-0.4, -0.2) is 49.4 Å². The topological polar surface area (TPSA) is 116 Å². The second-order valence-electron chi connectivity index (χ2n) is 7.37. The van der Waals surface area contributed by atoms with E-state index in [1.54, 1.807) is 0 Å². The van der Waals surface area contributed by atoms with Crippen LogP contribution in [0.5, 0.6) is 17.2 Å². The summed E-state index contributed by atoms with van der Waals surface area (Å²) < 4.78 is 33.0. The van der Waals surface area contributed by atoms with Gasteiger partial charge < -0.3 is 9.84 Å². The molecule has 12 heteroatoms. The SMILES string of the molecule is O=C1CN(c2cc(Cl)c(Oc3ccc(O)c(S(=O)(=O)N4CCCCC4)c3)c(Cl)c2)C(=O)N1. The molecule has 2 aliphatic heterocycles. The molecule has 2 N–H and O–H groups in total. The maximum Gasteiger partial charge on any atom is 0.329 e. The molecule has 2 aromatic rings. The molecule has 0 saturated carbocycles. The van der Waals surface area contributed by atoms with Crippen LogP contribution in [0.4, 0.5) is 10.5 Å². The van der Waals surface area contributed by atoms with Crippen LogP contribution in [0, 0.1) is 0 Å². The smallest absolute Gasteiger partial charge is 0.329 e. The first kappa shape index (κ1) is 22.7. The summed E-state index contributed by atoms with van der Waals surface area (Å²) in [7, 11) is -3.90. The number of anilines is 1. The lowest BCUT2D eigenvalue weighted by Gasteiger charge is -2.26. The molecule has 0 atom stereocenters. The van der Waals surface area contributed by atoms with E-state index in [1.807, 2.05) is 0 Å². The Morgan fingerprint density at radius 2 is 1.66 bits per heavy atom. The van der Waals surface area contributed by atoms with E-state index < -0.39 is 22.0 Å². The minimum atomic E-state index is -3.90. The van der Waals surface area contributed by atoms with E-state index in [9.17, 15) is 23.1 Å². The fourth-order valence-electron chi connectivity index (χ4n) is 3.58. The number of piperidine rings is 1. The lowest BCUT2D eigenvalue weighted by molar-refractivity contribution is -0.117. The molecule has 4 rings (SSSR count). The monoisotopic (exact) mass is 499 g/mol. The predicted molar refractivity (Wildman–Crippen MR) is 118 cm³/mol. The van der Waals surface area contributed by atoms with Gasteiger partial charge in [0.1, 0.15) is 22.9 Å². The van der Waals surface area contributed by atoms with Gasteiger partial charge >= 0.3 is 6.03 Å². The number of nitrogens with zero attached hydrogens (tertiary/aromatic N) is 2. The number of ether oxygens (including phenoxy) is 1. The van der Waals surface area contributed by atoms with Gasteiger partial charge in [-0.1, -0.05) is 29.6 Å². The summed E-state index contributed by atoms with van der Waals surface area (Å²) in [4.78, 5) is 24.2. The van der Waals surface area contributed by atoms with E-state index in [0.29, 0.717) is 18.8 Å². The zero-order valence-corrected chi connectivity index (χ0v) is 19.0. The quantitative estimate of drug-likeness (QED) is 0.605. The van der Waals surface area contributed by atoms with Crippen LogP contribution in [0.2, 0.25) is 10.0 Å². The molecule has 2 aromatic carbocycles. The first-order valence-electron chi connectivity index (χ1n) is 9.78. The fraction of sp³-hybridized carbons (Fsp3) is 0.300. The van der Waals surface area contributed by atoms with Crippen molar-refractivity contribution in [2.24, 2.45) is 0 Å². The van der Waals surface area contributed by atoms with Crippen molar-refractivity contribution in [3.63, 3.8) is 0 Å². The molecule has 0 aromatic heterocycles. The molecule has 0 radical (unpaired) electrons. The number of amides is 3. The molecule has 0 spiro atoms. The zero-order chi connectivity index (χ0) is 23.0. The highest BCUT2D eigenvalue weighted by atomic mass is 35.5. The first-order chi connectivity index (χ1) is 15.2. The van der Waals surface area contributed by atoms with Crippen molar-refractivity contribution in [2.45, 2.75) is 24.2 Å². The van der Waals surface area contributed by atoms with E-state index in [-0.39, 0.29) is 38.7 Å². The third kappa shape index (κ3) is 4.36. The van der Waals surface area contributed by atoms with Gasteiger partial charge in [-0.2, -0.15) is 4.31 Å². The molecule has 32 heavy (non-hydrogen) atoms. The largest absolute Gasteiger partial charge is 0.507 e. The highest BCUT2D eigenvalue weighted by molar-refractivity contribution is 7.89. The van der Waals surface area contributed by atoms with Crippen LogP contribution < -0.4 is 15.0 Å². The molecule has 2 aliphatic rings. The summed E-state index contributed by atoms with van der Waals surface area (Å²) in [6.45, 7) is 0.610. The normalized spacial score (nSPS) is 17.5. The van der Waals surface area contributed by atoms with Crippen LogP contribution in [0.15, 0.2) is 35.2 Å². The highest BCUT2D eigenvalue weighted by Crippen LogP contribution is 2.41. The number of phenols is 1. The number of aromatic hydroxyl groups is 1. The molecule has 170 valence electrons. The molecule has 2 heterocycles.